The van der Waals surface area contributed by atoms with Gasteiger partial charge in [-0.25, -0.2) is 18.3 Å². The Morgan fingerprint density at radius 1 is 1.15 bits per heavy atom. The van der Waals surface area contributed by atoms with E-state index in [-0.39, 0.29) is 22.5 Å². The number of benzene rings is 2. The molecule has 2 fully saturated rings. The van der Waals surface area contributed by atoms with Crippen molar-refractivity contribution < 1.29 is 23.2 Å². The molecule has 1 amide bonds. The number of nitrogens with one attached hydrogen (secondary N) is 1. The van der Waals surface area contributed by atoms with Crippen LogP contribution in [0, 0.1) is 11.6 Å². The third kappa shape index (κ3) is 4.92. The molecule has 39 heavy (non-hydrogen) atoms. The third-order valence-corrected chi connectivity index (χ3v) is 6.96. The minimum absolute atomic E-state index is 0.0563. The Bertz CT molecular complexity index is 1790. The zero-order chi connectivity index (χ0) is 33.4. The first kappa shape index (κ1) is 18.3. The molecule has 8 nitrogen and oxygen atoms in total. The second-order valence-electron chi connectivity index (χ2n) is 9.45. The van der Waals surface area contributed by atoms with Gasteiger partial charge < -0.3 is 20.0 Å². The fourth-order valence-electron chi connectivity index (χ4n) is 4.80. The highest BCUT2D eigenvalue weighted by molar-refractivity contribution is 6.06. The van der Waals surface area contributed by atoms with Gasteiger partial charge in [0, 0.05) is 59.2 Å². The highest BCUT2D eigenvalue weighted by Gasteiger charge is 2.30. The number of aromatic nitrogens is 3. The van der Waals surface area contributed by atoms with Crippen LogP contribution in [0.25, 0.3) is 5.65 Å². The lowest BCUT2D eigenvalue weighted by molar-refractivity contribution is 0.102. The maximum absolute atomic E-state index is 14.6. The highest BCUT2D eigenvalue weighted by atomic mass is 19.1. The van der Waals surface area contributed by atoms with E-state index in [0.29, 0.717) is 29.3 Å². The molecule has 6 rings (SSSR count). The van der Waals surface area contributed by atoms with Crippen LogP contribution >= 0.6 is 0 Å². The van der Waals surface area contributed by atoms with E-state index in [4.69, 9.17) is 9.60 Å². The Morgan fingerprint density at radius 2 is 1.97 bits per heavy atom. The fraction of sp³-hybridized carbons (Fsp3) is 0.345. The van der Waals surface area contributed by atoms with Gasteiger partial charge in [0.1, 0.15) is 23.1 Å². The van der Waals surface area contributed by atoms with Crippen molar-refractivity contribution in [2.24, 2.45) is 0 Å². The van der Waals surface area contributed by atoms with Crippen LogP contribution in [-0.4, -0.2) is 64.5 Å². The average molecular weight is 539 g/mol. The molecule has 1 unspecified atom stereocenters. The number of rotatable bonds is 5. The first-order chi connectivity index (χ1) is 21.5. The fourth-order valence-corrected chi connectivity index (χ4v) is 4.80. The van der Waals surface area contributed by atoms with Gasteiger partial charge in [-0.3, -0.25) is 4.79 Å². The Kier molecular flexibility index (Phi) is 4.81. The van der Waals surface area contributed by atoms with E-state index in [2.05, 4.69) is 15.4 Å². The number of hydrogen-bond acceptors (Lipinski definition) is 6. The number of halogens is 2. The number of carbonyl (C=O) groups is 1. The van der Waals surface area contributed by atoms with Crippen molar-refractivity contribution in [2.75, 3.05) is 48.2 Å². The van der Waals surface area contributed by atoms with Crippen LogP contribution in [0.2, 0.25) is 0 Å². The smallest absolute Gasteiger partial charge is 0.255 e. The number of nitrogens with zero attached hydrogens (tertiary/aromatic N) is 6. The number of carbonyl (C=O) groups excluding carboxylic acids is 1. The van der Waals surface area contributed by atoms with Crippen LogP contribution < -0.4 is 15.1 Å². The van der Waals surface area contributed by atoms with Crippen LogP contribution in [-0.2, 0) is 0 Å². The molecule has 2 saturated heterocycles. The molecule has 2 aromatic carbocycles. The minimum Gasteiger partial charge on any atom is -0.369 e. The van der Waals surface area contributed by atoms with Crippen molar-refractivity contribution in [2.45, 2.75) is 31.8 Å². The zero-order valence-corrected chi connectivity index (χ0v) is 21.3. The van der Waals surface area contributed by atoms with Crippen LogP contribution in [0.15, 0.2) is 60.9 Å². The second kappa shape index (κ2) is 10.3. The molecule has 4 aromatic rings. The standard InChI is InChI=1S/C29H31F2N7O/c1-19-18-36(15-14-35(19)2)22-8-5-20(6-9-22)29(39)33-25-17-32-38-13-11-27(34-28(25)38)37-12-3-4-26(37)23-16-21(30)7-10-24(23)31/h5-11,13,16-17,19,26H,3-4,12,14-15,18H2,1-2H3,(H,33,39)/t19?,26-/m1/s1/i14D2,15D2,18D2,19D. The number of likely N-dealkylation sites (N-methyl/N-ethyl adjacent to an activating group) is 1. The van der Waals surface area contributed by atoms with Crippen LogP contribution in [0.3, 0.4) is 0 Å². The van der Waals surface area contributed by atoms with Crippen molar-refractivity contribution in [1.82, 2.24) is 19.5 Å². The number of anilines is 3. The van der Waals surface area contributed by atoms with Crippen LogP contribution in [0.5, 0.6) is 0 Å². The van der Waals surface area contributed by atoms with Crippen molar-refractivity contribution >= 4 is 28.7 Å². The summed E-state index contributed by atoms with van der Waals surface area (Å²) in [6.07, 6.45) is 4.41. The molecule has 0 spiro atoms. The SMILES string of the molecule is [2H]C1([2H])N(c2ccc(C(=O)Nc3cnn4ccc(N5CCC[C@@H]5c5cc(F)ccc5F)nc34)cc2)C([2H])([2H])C([2H])(C)N(C)C1([2H])[2H]. The van der Waals surface area contributed by atoms with Gasteiger partial charge in [-0.1, -0.05) is 0 Å². The Labute approximate surface area is 235 Å². The third-order valence-electron chi connectivity index (χ3n) is 6.96. The largest absolute Gasteiger partial charge is 0.369 e. The van der Waals surface area contributed by atoms with E-state index in [1.54, 1.807) is 12.3 Å². The number of hydrogen-bond donors (Lipinski definition) is 1. The lowest BCUT2D eigenvalue weighted by Crippen LogP contribution is -2.50. The summed E-state index contributed by atoms with van der Waals surface area (Å²) in [7, 11) is 1.17. The molecule has 2 aliphatic heterocycles. The van der Waals surface area contributed by atoms with Gasteiger partial charge in [-0.05, 0) is 75.3 Å². The van der Waals surface area contributed by atoms with Crippen LogP contribution in [0.1, 0.15) is 51.3 Å². The van der Waals surface area contributed by atoms with Gasteiger partial charge in [-0.2, -0.15) is 5.10 Å². The van der Waals surface area contributed by atoms with Gasteiger partial charge in [-0.15, -0.1) is 0 Å². The lowest BCUT2D eigenvalue weighted by atomic mass is 10.0. The molecular weight excluding hydrogens is 500 g/mol. The van der Waals surface area contributed by atoms with Gasteiger partial charge >= 0.3 is 0 Å². The normalized spacial score (nSPS) is 28.5. The maximum atomic E-state index is 14.6. The summed E-state index contributed by atoms with van der Waals surface area (Å²) in [6.45, 7) is -6.55. The quantitative estimate of drug-likeness (QED) is 0.396. The van der Waals surface area contributed by atoms with Crippen molar-refractivity contribution in [1.29, 1.82) is 0 Å². The van der Waals surface area contributed by atoms with E-state index in [1.165, 1.54) is 55.0 Å². The predicted octanol–water partition coefficient (Wildman–Crippen LogP) is 4.74. The van der Waals surface area contributed by atoms with Gasteiger partial charge in [0.25, 0.3) is 5.91 Å². The lowest BCUT2D eigenvalue weighted by Gasteiger charge is -2.39. The summed E-state index contributed by atoms with van der Waals surface area (Å²) in [5.41, 5.74) is 0.898. The molecule has 0 radical (unpaired) electrons. The summed E-state index contributed by atoms with van der Waals surface area (Å²) in [5.74, 6) is -1.11. The van der Waals surface area contributed by atoms with Crippen molar-refractivity contribution in [3.63, 3.8) is 0 Å². The molecule has 0 aliphatic carbocycles. The summed E-state index contributed by atoms with van der Waals surface area (Å²) >= 11 is 0. The topological polar surface area (TPSA) is 69.0 Å². The first-order valence-corrected chi connectivity index (χ1v) is 12.5. The predicted molar refractivity (Wildman–Crippen MR) is 147 cm³/mol. The van der Waals surface area contributed by atoms with E-state index in [9.17, 15) is 13.6 Å². The van der Waals surface area contributed by atoms with Crippen molar-refractivity contribution in [3.8, 4) is 0 Å². The van der Waals surface area contributed by atoms with E-state index in [1.807, 2.05) is 4.90 Å². The molecule has 10 heteroatoms. The summed E-state index contributed by atoms with van der Waals surface area (Å²) in [4.78, 5) is 21.2. The van der Waals surface area contributed by atoms with Gasteiger partial charge in [0.15, 0.2) is 5.65 Å². The second-order valence-corrected chi connectivity index (χ2v) is 9.45. The molecule has 2 atom stereocenters. The first-order valence-electron chi connectivity index (χ1n) is 16.0. The Morgan fingerprint density at radius 3 is 2.79 bits per heavy atom. The molecule has 0 bridgehead atoms. The maximum Gasteiger partial charge on any atom is 0.255 e. The molecule has 2 aliphatic rings. The highest BCUT2D eigenvalue weighted by Crippen LogP contribution is 2.37. The monoisotopic (exact) mass is 538 g/mol. The number of fused-ring (bicyclic) bond motifs is 1. The molecule has 0 saturated carbocycles. The van der Waals surface area contributed by atoms with E-state index in [0.717, 1.165) is 23.5 Å². The van der Waals surface area contributed by atoms with Crippen LogP contribution in [0.4, 0.5) is 26.0 Å². The average Bonchev–Trinajstić information content (AvgIpc) is 3.64. The van der Waals surface area contributed by atoms with Gasteiger partial charge in [0.2, 0.25) is 0 Å². The Balaban J connectivity index is 1.26. The minimum atomic E-state index is -2.88. The molecule has 2 aromatic heterocycles. The Hall–Kier alpha value is -4.05. The molecule has 202 valence electrons. The molecule has 4 heterocycles. The van der Waals surface area contributed by atoms with E-state index >= 15 is 0 Å². The van der Waals surface area contributed by atoms with E-state index < -0.39 is 49.1 Å². The number of piperazine rings is 1. The summed E-state index contributed by atoms with van der Waals surface area (Å²) in [5, 5.41) is 6.99. The number of amides is 1. The summed E-state index contributed by atoms with van der Waals surface area (Å²) in [6, 6.07) is 7.78. The van der Waals surface area contributed by atoms with Crippen molar-refractivity contribution in [3.05, 3.63) is 83.7 Å². The molecular formula is C29H31F2N7O. The summed E-state index contributed by atoms with van der Waals surface area (Å²) < 4.78 is 89.6. The zero-order valence-electron chi connectivity index (χ0n) is 28.3. The van der Waals surface area contributed by atoms with Gasteiger partial charge in [0.05, 0.1) is 17.7 Å². The molecule has 1 N–H and O–H groups in total.